The number of aliphatic carboxylic acids is 1. The molecule has 3 nitrogen and oxygen atoms in total. The topological polar surface area (TPSA) is 57.5 Å². The van der Waals surface area contributed by atoms with Crippen molar-refractivity contribution < 1.29 is 15.0 Å². The van der Waals surface area contributed by atoms with Gasteiger partial charge in [-0.1, -0.05) is 19.9 Å². The number of carboxylic acids is 1. The van der Waals surface area contributed by atoms with Crippen LogP contribution in [0.15, 0.2) is 11.6 Å². The Hall–Kier alpha value is -0.830. The zero-order chi connectivity index (χ0) is 9.72. The fourth-order valence-electron chi connectivity index (χ4n) is 0.948. The van der Waals surface area contributed by atoms with Crippen LogP contribution in [0.5, 0.6) is 0 Å². The maximum Gasteiger partial charge on any atom is 0.330 e. The monoisotopic (exact) mass is 172 g/mol. The molecular weight excluding hydrogens is 156 g/mol. The predicted molar refractivity (Wildman–Crippen MR) is 46.9 cm³/mol. The van der Waals surface area contributed by atoms with Crippen LogP contribution in [-0.2, 0) is 4.79 Å². The van der Waals surface area contributed by atoms with E-state index < -0.39 is 12.1 Å². The molecule has 0 amide bonds. The van der Waals surface area contributed by atoms with Gasteiger partial charge in [-0.05, 0) is 13.3 Å². The molecule has 2 atom stereocenters. The third kappa shape index (κ3) is 3.53. The van der Waals surface area contributed by atoms with Gasteiger partial charge >= 0.3 is 5.97 Å². The Morgan fingerprint density at radius 1 is 1.58 bits per heavy atom. The summed E-state index contributed by atoms with van der Waals surface area (Å²) in [4.78, 5) is 10.4. The summed E-state index contributed by atoms with van der Waals surface area (Å²) >= 11 is 0. The van der Waals surface area contributed by atoms with Gasteiger partial charge in [0.2, 0.25) is 0 Å². The van der Waals surface area contributed by atoms with E-state index >= 15 is 0 Å². The van der Waals surface area contributed by atoms with Crippen molar-refractivity contribution >= 4 is 5.97 Å². The van der Waals surface area contributed by atoms with Crippen LogP contribution in [0.2, 0.25) is 0 Å². The van der Waals surface area contributed by atoms with Gasteiger partial charge in [0.05, 0.1) is 6.10 Å². The molecule has 0 aliphatic rings. The number of hydrogen-bond acceptors (Lipinski definition) is 2. The zero-order valence-electron chi connectivity index (χ0n) is 7.74. The number of hydrogen-bond donors (Lipinski definition) is 2. The highest BCUT2D eigenvalue weighted by Gasteiger charge is 2.10. The number of carboxylic acid groups (broad SMARTS) is 1. The molecule has 12 heavy (non-hydrogen) atoms. The fourth-order valence-corrected chi connectivity index (χ4v) is 0.948. The van der Waals surface area contributed by atoms with Crippen LogP contribution in [0, 0.1) is 5.92 Å². The van der Waals surface area contributed by atoms with Crippen LogP contribution in [0.3, 0.4) is 0 Å². The lowest BCUT2D eigenvalue weighted by Crippen LogP contribution is -2.15. The minimum Gasteiger partial charge on any atom is -0.478 e. The van der Waals surface area contributed by atoms with E-state index in [0.29, 0.717) is 6.42 Å². The van der Waals surface area contributed by atoms with Gasteiger partial charge in [0.1, 0.15) is 0 Å². The standard InChI is InChI=1S/C9H16O3/c1-4-8(10)6(2)5-7(3)9(11)12/h5-6,8,10H,4H2,1-3H3,(H,11,12)/b7-5+/t6-,8-/m1/s1. The molecule has 0 aromatic heterocycles. The first-order chi connectivity index (χ1) is 5.49. The van der Waals surface area contributed by atoms with Gasteiger partial charge in [0.25, 0.3) is 0 Å². The van der Waals surface area contributed by atoms with E-state index in [0.717, 1.165) is 0 Å². The van der Waals surface area contributed by atoms with E-state index in [2.05, 4.69) is 0 Å². The second-order valence-corrected chi connectivity index (χ2v) is 2.99. The number of rotatable bonds is 4. The molecular formula is C9H16O3. The lowest BCUT2D eigenvalue weighted by molar-refractivity contribution is -0.132. The molecule has 0 rings (SSSR count). The Morgan fingerprint density at radius 3 is 2.42 bits per heavy atom. The van der Waals surface area contributed by atoms with Crippen LogP contribution >= 0.6 is 0 Å². The van der Waals surface area contributed by atoms with Crippen molar-refractivity contribution in [3.8, 4) is 0 Å². The Bertz CT molecular complexity index is 184. The van der Waals surface area contributed by atoms with E-state index in [1.807, 2.05) is 6.92 Å². The first kappa shape index (κ1) is 11.2. The lowest BCUT2D eigenvalue weighted by Gasteiger charge is -2.13. The van der Waals surface area contributed by atoms with Gasteiger partial charge in [0, 0.05) is 11.5 Å². The molecule has 0 aliphatic carbocycles. The van der Waals surface area contributed by atoms with E-state index in [1.165, 1.54) is 6.92 Å². The Balaban J connectivity index is 4.22. The summed E-state index contributed by atoms with van der Waals surface area (Å²) in [6.07, 6.45) is 1.78. The molecule has 70 valence electrons. The van der Waals surface area contributed by atoms with Crippen LogP contribution < -0.4 is 0 Å². The summed E-state index contributed by atoms with van der Waals surface area (Å²) in [5, 5.41) is 17.9. The molecule has 0 aromatic rings. The molecule has 0 unspecified atom stereocenters. The van der Waals surface area contributed by atoms with Crippen molar-refractivity contribution in [1.29, 1.82) is 0 Å². The second-order valence-electron chi connectivity index (χ2n) is 2.99. The number of aliphatic hydroxyl groups excluding tert-OH is 1. The fraction of sp³-hybridized carbons (Fsp3) is 0.667. The van der Waals surface area contributed by atoms with Crippen molar-refractivity contribution in [1.82, 2.24) is 0 Å². The van der Waals surface area contributed by atoms with Crippen LogP contribution in [0.4, 0.5) is 0 Å². The quantitative estimate of drug-likeness (QED) is 0.630. The van der Waals surface area contributed by atoms with E-state index in [-0.39, 0.29) is 11.5 Å². The largest absolute Gasteiger partial charge is 0.478 e. The van der Waals surface area contributed by atoms with E-state index in [1.54, 1.807) is 13.0 Å². The van der Waals surface area contributed by atoms with Gasteiger partial charge in [0.15, 0.2) is 0 Å². The summed E-state index contributed by atoms with van der Waals surface area (Å²) < 4.78 is 0. The first-order valence-corrected chi connectivity index (χ1v) is 4.08. The highest BCUT2D eigenvalue weighted by Crippen LogP contribution is 2.10. The third-order valence-corrected chi connectivity index (χ3v) is 1.88. The smallest absolute Gasteiger partial charge is 0.330 e. The molecule has 0 spiro atoms. The van der Waals surface area contributed by atoms with Gasteiger partial charge in [-0.2, -0.15) is 0 Å². The molecule has 0 aromatic carbocycles. The second kappa shape index (κ2) is 4.93. The lowest BCUT2D eigenvalue weighted by atomic mass is 10.00. The SMILES string of the molecule is CC[C@@H](O)[C@H](C)/C=C(\C)C(=O)O. The Morgan fingerprint density at radius 2 is 2.08 bits per heavy atom. The van der Waals surface area contributed by atoms with Crippen LogP contribution in [0.25, 0.3) is 0 Å². The molecule has 0 aliphatic heterocycles. The molecule has 0 bridgehead atoms. The number of carbonyl (C=O) groups is 1. The normalized spacial score (nSPS) is 17.2. The van der Waals surface area contributed by atoms with Crippen molar-refractivity contribution in [3.63, 3.8) is 0 Å². The van der Waals surface area contributed by atoms with Crippen LogP contribution in [-0.4, -0.2) is 22.3 Å². The summed E-state index contributed by atoms with van der Waals surface area (Å²) in [6.45, 7) is 5.20. The average molecular weight is 172 g/mol. The highest BCUT2D eigenvalue weighted by atomic mass is 16.4. The van der Waals surface area contributed by atoms with E-state index in [4.69, 9.17) is 5.11 Å². The number of aliphatic hydroxyl groups is 1. The minimum absolute atomic E-state index is 0.0916. The maximum absolute atomic E-state index is 10.4. The molecule has 0 saturated carbocycles. The van der Waals surface area contributed by atoms with Crippen molar-refractivity contribution in [2.75, 3.05) is 0 Å². The average Bonchev–Trinajstić information content (AvgIpc) is 2.02. The highest BCUT2D eigenvalue weighted by molar-refractivity contribution is 5.85. The molecule has 3 heteroatoms. The zero-order valence-corrected chi connectivity index (χ0v) is 7.74. The summed E-state index contributed by atoms with van der Waals surface area (Å²) in [5.74, 6) is -1.02. The van der Waals surface area contributed by atoms with Gasteiger partial charge in [-0.15, -0.1) is 0 Å². The van der Waals surface area contributed by atoms with Crippen LogP contribution in [0.1, 0.15) is 27.2 Å². The van der Waals surface area contributed by atoms with Gasteiger partial charge in [-0.25, -0.2) is 4.79 Å². The molecule has 0 saturated heterocycles. The Labute approximate surface area is 72.7 Å². The van der Waals surface area contributed by atoms with E-state index in [9.17, 15) is 9.90 Å². The molecule has 0 heterocycles. The van der Waals surface area contributed by atoms with Gasteiger partial charge in [-0.3, -0.25) is 0 Å². The maximum atomic E-state index is 10.4. The predicted octanol–water partition coefficient (Wildman–Crippen LogP) is 1.42. The Kier molecular flexibility index (Phi) is 4.59. The van der Waals surface area contributed by atoms with Gasteiger partial charge < -0.3 is 10.2 Å². The first-order valence-electron chi connectivity index (χ1n) is 4.08. The summed E-state index contributed by atoms with van der Waals surface area (Å²) in [7, 11) is 0. The molecule has 2 N–H and O–H groups in total. The van der Waals surface area contributed by atoms with Crippen molar-refractivity contribution in [2.24, 2.45) is 5.92 Å². The third-order valence-electron chi connectivity index (χ3n) is 1.88. The van der Waals surface area contributed by atoms with Crippen molar-refractivity contribution in [3.05, 3.63) is 11.6 Å². The molecule has 0 fully saturated rings. The summed E-state index contributed by atoms with van der Waals surface area (Å²) in [5.41, 5.74) is 0.287. The molecule has 0 radical (unpaired) electrons. The van der Waals surface area contributed by atoms with Crippen molar-refractivity contribution in [2.45, 2.75) is 33.3 Å². The summed E-state index contributed by atoms with van der Waals surface area (Å²) in [6, 6.07) is 0. The minimum atomic E-state index is -0.926.